The normalized spacial score (nSPS) is 10.8. The molecule has 0 fully saturated rings. The Hall–Kier alpha value is -3.09. The Morgan fingerprint density at radius 2 is 1.93 bits per heavy atom. The Morgan fingerprint density at radius 1 is 1.07 bits per heavy atom. The van der Waals surface area contributed by atoms with E-state index in [1.807, 2.05) is 18.2 Å². The average Bonchev–Trinajstić information content (AvgIpc) is 3.20. The van der Waals surface area contributed by atoms with E-state index in [2.05, 4.69) is 15.7 Å². The number of nitrogens with one attached hydrogen (secondary N) is 2. The summed E-state index contributed by atoms with van der Waals surface area (Å²) < 4.78 is 1.54. The van der Waals surface area contributed by atoms with Gasteiger partial charge in [-0.3, -0.25) is 14.3 Å². The topological polar surface area (TPSA) is 76.0 Å². The second-order valence-corrected chi connectivity index (χ2v) is 6.99. The Balaban J connectivity index is 1.51. The predicted octanol–water partition coefficient (Wildman–Crippen LogP) is 4.16. The highest BCUT2D eigenvalue weighted by molar-refractivity contribution is 6.42. The van der Waals surface area contributed by atoms with Crippen LogP contribution in [-0.4, -0.2) is 21.6 Å². The summed E-state index contributed by atoms with van der Waals surface area (Å²) in [6.07, 6.45) is 6.42. The molecule has 0 unspecified atom stereocenters. The van der Waals surface area contributed by atoms with E-state index in [0.717, 1.165) is 11.1 Å². The molecule has 0 radical (unpaired) electrons. The standard InChI is InChI=1S/C21H18Cl2N4O2/c22-18-7-5-15(12-19(18)23)6-8-20(28)24-13-16-3-1-4-17(11-16)26-21(29)14-27-10-2-9-25-27/h1-12H,13-14H2,(H,24,28)(H,26,29)/b8-6+. The fourth-order valence-electron chi connectivity index (χ4n) is 2.54. The summed E-state index contributed by atoms with van der Waals surface area (Å²) in [4.78, 5) is 24.1. The van der Waals surface area contributed by atoms with Crippen LogP contribution in [0.3, 0.4) is 0 Å². The second-order valence-electron chi connectivity index (χ2n) is 6.18. The minimum atomic E-state index is -0.246. The first kappa shape index (κ1) is 20.6. The Morgan fingerprint density at radius 3 is 2.69 bits per heavy atom. The Labute approximate surface area is 178 Å². The lowest BCUT2D eigenvalue weighted by Crippen LogP contribution is -2.21. The maximum absolute atomic E-state index is 12.1. The van der Waals surface area contributed by atoms with E-state index in [4.69, 9.17) is 23.2 Å². The number of amides is 2. The highest BCUT2D eigenvalue weighted by Gasteiger charge is 2.05. The SMILES string of the molecule is O=C(/C=C/c1ccc(Cl)c(Cl)c1)NCc1cccc(NC(=O)Cn2cccn2)c1. The van der Waals surface area contributed by atoms with E-state index in [-0.39, 0.29) is 18.4 Å². The lowest BCUT2D eigenvalue weighted by molar-refractivity contribution is -0.117. The van der Waals surface area contributed by atoms with Gasteiger partial charge in [-0.25, -0.2) is 0 Å². The number of rotatable bonds is 7. The van der Waals surface area contributed by atoms with Gasteiger partial charge < -0.3 is 10.6 Å². The quantitative estimate of drug-likeness (QED) is 0.554. The maximum Gasteiger partial charge on any atom is 0.246 e. The van der Waals surface area contributed by atoms with E-state index in [1.165, 1.54) is 6.08 Å². The van der Waals surface area contributed by atoms with Crippen molar-refractivity contribution >= 4 is 46.8 Å². The van der Waals surface area contributed by atoms with Gasteiger partial charge in [0.25, 0.3) is 0 Å². The van der Waals surface area contributed by atoms with Gasteiger partial charge in [-0.2, -0.15) is 5.10 Å². The molecule has 1 aromatic heterocycles. The van der Waals surface area contributed by atoms with Gasteiger partial charge in [-0.15, -0.1) is 0 Å². The number of aromatic nitrogens is 2. The minimum Gasteiger partial charge on any atom is -0.348 e. The third-order valence-electron chi connectivity index (χ3n) is 3.91. The van der Waals surface area contributed by atoms with Crippen molar-refractivity contribution in [2.24, 2.45) is 0 Å². The fraction of sp³-hybridized carbons (Fsp3) is 0.0952. The molecule has 2 amide bonds. The molecule has 0 atom stereocenters. The molecule has 148 valence electrons. The van der Waals surface area contributed by atoms with Gasteiger partial charge in [-0.05, 0) is 47.5 Å². The van der Waals surface area contributed by atoms with E-state index in [1.54, 1.807) is 53.5 Å². The minimum absolute atomic E-state index is 0.132. The zero-order chi connectivity index (χ0) is 20.6. The third kappa shape index (κ3) is 6.48. The number of benzene rings is 2. The molecule has 0 bridgehead atoms. The lowest BCUT2D eigenvalue weighted by Gasteiger charge is -2.08. The molecular weight excluding hydrogens is 411 g/mol. The first-order valence-electron chi connectivity index (χ1n) is 8.77. The summed E-state index contributed by atoms with van der Waals surface area (Å²) in [5, 5.41) is 10.5. The monoisotopic (exact) mass is 428 g/mol. The molecular formula is C21H18Cl2N4O2. The fourth-order valence-corrected chi connectivity index (χ4v) is 2.84. The molecule has 0 aliphatic rings. The van der Waals surface area contributed by atoms with Crippen LogP contribution in [0.15, 0.2) is 67.0 Å². The molecule has 3 aromatic rings. The van der Waals surface area contributed by atoms with Gasteiger partial charge in [0.1, 0.15) is 6.54 Å². The second kappa shape index (κ2) is 9.91. The van der Waals surface area contributed by atoms with Crippen LogP contribution in [0.4, 0.5) is 5.69 Å². The first-order valence-corrected chi connectivity index (χ1v) is 9.52. The van der Waals surface area contributed by atoms with Gasteiger partial charge in [0, 0.05) is 30.7 Å². The van der Waals surface area contributed by atoms with Crippen molar-refractivity contribution in [1.29, 1.82) is 0 Å². The number of halogens is 2. The summed E-state index contributed by atoms with van der Waals surface area (Å²) >= 11 is 11.8. The number of hydrogen-bond donors (Lipinski definition) is 2. The Kier molecular flexibility index (Phi) is 7.05. The molecule has 3 rings (SSSR count). The molecule has 29 heavy (non-hydrogen) atoms. The van der Waals surface area contributed by atoms with E-state index in [9.17, 15) is 9.59 Å². The van der Waals surface area contributed by atoms with Crippen LogP contribution in [0.1, 0.15) is 11.1 Å². The largest absolute Gasteiger partial charge is 0.348 e. The molecule has 0 saturated heterocycles. The average molecular weight is 429 g/mol. The lowest BCUT2D eigenvalue weighted by atomic mass is 10.2. The highest BCUT2D eigenvalue weighted by atomic mass is 35.5. The van der Waals surface area contributed by atoms with Crippen LogP contribution >= 0.6 is 23.2 Å². The molecule has 2 N–H and O–H groups in total. The number of carbonyl (C=O) groups is 2. The van der Waals surface area contributed by atoms with Gasteiger partial charge in [-0.1, -0.05) is 41.4 Å². The molecule has 8 heteroatoms. The number of hydrogen-bond acceptors (Lipinski definition) is 3. The zero-order valence-corrected chi connectivity index (χ0v) is 16.8. The molecule has 0 aliphatic carbocycles. The molecule has 2 aromatic carbocycles. The molecule has 6 nitrogen and oxygen atoms in total. The summed E-state index contributed by atoms with van der Waals surface area (Å²) in [6, 6.07) is 14.2. The van der Waals surface area contributed by atoms with Crippen LogP contribution in [0, 0.1) is 0 Å². The summed E-state index contributed by atoms with van der Waals surface area (Å²) in [5.41, 5.74) is 2.29. The van der Waals surface area contributed by atoms with Crippen LogP contribution in [0.25, 0.3) is 6.08 Å². The van der Waals surface area contributed by atoms with Crippen LogP contribution in [0.2, 0.25) is 10.0 Å². The molecule has 0 spiro atoms. The van der Waals surface area contributed by atoms with Crippen LogP contribution in [0.5, 0.6) is 0 Å². The highest BCUT2D eigenvalue weighted by Crippen LogP contribution is 2.23. The van der Waals surface area contributed by atoms with Crippen molar-refractivity contribution in [3.05, 3.63) is 88.2 Å². The maximum atomic E-state index is 12.1. The van der Waals surface area contributed by atoms with E-state index in [0.29, 0.717) is 22.3 Å². The molecule has 1 heterocycles. The van der Waals surface area contributed by atoms with Gasteiger partial charge in [0.05, 0.1) is 10.0 Å². The summed E-state index contributed by atoms with van der Waals surface area (Å²) in [7, 11) is 0. The van der Waals surface area contributed by atoms with Crippen molar-refractivity contribution in [1.82, 2.24) is 15.1 Å². The third-order valence-corrected chi connectivity index (χ3v) is 4.65. The van der Waals surface area contributed by atoms with Crippen molar-refractivity contribution < 1.29 is 9.59 Å². The molecule has 0 aliphatic heterocycles. The van der Waals surface area contributed by atoms with Gasteiger partial charge >= 0.3 is 0 Å². The number of anilines is 1. The van der Waals surface area contributed by atoms with Crippen LogP contribution < -0.4 is 10.6 Å². The van der Waals surface area contributed by atoms with Gasteiger partial charge in [0.15, 0.2) is 0 Å². The Bertz CT molecular complexity index is 1030. The van der Waals surface area contributed by atoms with E-state index < -0.39 is 0 Å². The van der Waals surface area contributed by atoms with Crippen molar-refractivity contribution in [2.45, 2.75) is 13.1 Å². The molecule has 0 saturated carbocycles. The number of nitrogens with zero attached hydrogens (tertiary/aromatic N) is 2. The number of carbonyl (C=O) groups excluding carboxylic acids is 2. The predicted molar refractivity (Wildman–Crippen MR) is 115 cm³/mol. The van der Waals surface area contributed by atoms with Crippen LogP contribution in [-0.2, 0) is 22.7 Å². The van der Waals surface area contributed by atoms with Crippen molar-refractivity contribution in [3.63, 3.8) is 0 Å². The van der Waals surface area contributed by atoms with Crippen molar-refractivity contribution in [3.8, 4) is 0 Å². The van der Waals surface area contributed by atoms with Crippen molar-refractivity contribution in [2.75, 3.05) is 5.32 Å². The zero-order valence-electron chi connectivity index (χ0n) is 15.3. The first-order chi connectivity index (χ1) is 14.0. The summed E-state index contributed by atoms with van der Waals surface area (Å²) in [5.74, 6) is -0.427. The smallest absolute Gasteiger partial charge is 0.246 e. The van der Waals surface area contributed by atoms with Gasteiger partial charge in [0.2, 0.25) is 11.8 Å². The summed E-state index contributed by atoms with van der Waals surface area (Å²) in [6.45, 7) is 0.459. The van der Waals surface area contributed by atoms with E-state index >= 15 is 0 Å².